The lowest BCUT2D eigenvalue weighted by Gasteiger charge is -2.12. The lowest BCUT2D eigenvalue weighted by Crippen LogP contribution is -2.24. The van der Waals surface area contributed by atoms with E-state index in [9.17, 15) is 9.59 Å². The molecule has 2 heterocycles. The number of hydrogen-bond acceptors (Lipinski definition) is 6. The Balaban J connectivity index is 1.52. The molecule has 2 amide bonds. The first kappa shape index (κ1) is 19.7. The third kappa shape index (κ3) is 3.79. The quantitative estimate of drug-likeness (QED) is 0.625. The number of carbonyl (C=O) groups excluding carboxylic acids is 2. The highest BCUT2D eigenvalue weighted by Crippen LogP contribution is 2.31. The molecule has 1 aliphatic rings. The van der Waals surface area contributed by atoms with Crippen molar-refractivity contribution in [2.75, 3.05) is 24.9 Å². The van der Waals surface area contributed by atoms with Gasteiger partial charge in [-0.1, -0.05) is 11.6 Å². The minimum atomic E-state index is -0.815. The predicted molar refractivity (Wildman–Crippen MR) is 111 cm³/mol. The molecule has 4 rings (SSSR count). The van der Waals surface area contributed by atoms with Crippen LogP contribution in [0.4, 0.5) is 11.6 Å². The summed E-state index contributed by atoms with van der Waals surface area (Å²) in [6.45, 7) is 0. The van der Waals surface area contributed by atoms with Crippen molar-refractivity contribution >= 4 is 35.1 Å². The van der Waals surface area contributed by atoms with Gasteiger partial charge < -0.3 is 14.8 Å². The van der Waals surface area contributed by atoms with Crippen LogP contribution < -0.4 is 20.1 Å². The number of hydrogen-bond donors (Lipinski definition) is 2. The number of amides is 2. The van der Waals surface area contributed by atoms with Crippen LogP contribution in [0, 0.1) is 0 Å². The predicted octanol–water partition coefficient (Wildman–Crippen LogP) is 3.14. The van der Waals surface area contributed by atoms with Crippen LogP contribution in [0.25, 0.3) is 11.4 Å². The number of anilines is 2. The first-order valence-corrected chi connectivity index (χ1v) is 9.41. The van der Waals surface area contributed by atoms with Crippen molar-refractivity contribution in [1.82, 2.24) is 14.8 Å². The van der Waals surface area contributed by atoms with Gasteiger partial charge in [0.15, 0.2) is 5.82 Å². The number of rotatable bonds is 6. The lowest BCUT2D eigenvalue weighted by atomic mass is 10.2. The largest absolute Gasteiger partial charge is 0.497 e. The van der Waals surface area contributed by atoms with Crippen LogP contribution in [0.2, 0.25) is 5.02 Å². The lowest BCUT2D eigenvalue weighted by molar-refractivity contribution is -0.123. The van der Waals surface area contributed by atoms with Gasteiger partial charge in [0.1, 0.15) is 17.5 Å². The fourth-order valence-electron chi connectivity index (χ4n) is 3.13. The Bertz CT molecular complexity index is 1110. The zero-order valence-electron chi connectivity index (χ0n) is 16.2. The van der Waals surface area contributed by atoms with Gasteiger partial charge in [0.2, 0.25) is 11.9 Å². The standard InChI is InChI=1S/C20H18ClN5O4/c1-29-13-6-3-11(4-7-13)18-23-20-24-19(28)15(26(20)25-18)10-17(27)22-14-9-12(21)5-8-16(14)30-2/h3-9,15H,10H2,1-2H3,(H,22,27)(H,23,24,25,28). The number of benzene rings is 2. The summed E-state index contributed by atoms with van der Waals surface area (Å²) in [7, 11) is 3.08. The molecule has 1 aromatic heterocycles. The van der Waals surface area contributed by atoms with Crippen LogP contribution in [0.3, 0.4) is 0 Å². The van der Waals surface area contributed by atoms with Crippen LogP contribution in [0.5, 0.6) is 11.5 Å². The summed E-state index contributed by atoms with van der Waals surface area (Å²) in [4.78, 5) is 29.3. The van der Waals surface area contributed by atoms with Gasteiger partial charge in [-0.15, -0.1) is 5.10 Å². The molecule has 0 aliphatic carbocycles. The zero-order valence-corrected chi connectivity index (χ0v) is 16.9. The van der Waals surface area contributed by atoms with Gasteiger partial charge in [-0.25, -0.2) is 4.68 Å². The van der Waals surface area contributed by atoms with E-state index in [1.807, 2.05) is 12.1 Å². The molecule has 1 aliphatic heterocycles. The van der Waals surface area contributed by atoms with Crippen molar-refractivity contribution in [3.05, 3.63) is 47.5 Å². The summed E-state index contributed by atoms with van der Waals surface area (Å²) >= 11 is 6.00. The molecule has 154 valence electrons. The fraction of sp³-hybridized carbons (Fsp3) is 0.200. The van der Waals surface area contributed by atoms with Crippen molar-refractivity contribution < 1.29 is 19.1 Å². The van der Waals surface area contributed by atoms with E-state index < -0.39 is 6.04 Å². The summed E-state index contributed by atoms with van der Waals surface area (Å²) in [5.41, 5.74) is 1.19. The van der Waals surface area contributed by atoms with E-state index in [2.05, 4.69) is 20.7 Å². The van der Waals surface area contributed by atoms with Crippen LogP contribution >= 0.6 is 11.6 Å². The molecule has 0 bridgehead atoms. The molecule has 0 saturated carbocycles. The Morgan fingerprint density at radius 2 is 1.97 bits per heavy atom. The van der Waals surface area contributed by atoms with Crippen molar-refractivity contribution in [3.63, 3.8) is 0 Å². The zero-order chi connectivity index (χ0) is 21.3. The second-order valence-corrected chi connectivity index (χ2v) is 6.97. The highest BCUT2D eigenvalue weighted by Gasteiger charge is 2.35. The highest BCUT2D eigenvalue weighted by molar-refractivity contribution is 6.31. The third-order valence-electron chi connectivity index (χ3n) is 4.63. The molecule has 10 heteroatoms. The Labute approximate surface area is 177 Å². The second kappa shape index (κ2) is 8.03. The Hall–Kier alpha value is -3.59. The van der Waals surface area contributed by atoms with Crippen molar-refractivity contribution in [3.8, 4) is 22.9 Å². The number of carbonyl (C=O) groups is 2. The second-order valence-electron chi connectivity index (χ2n) is 6.53. The molecule has 0 spiro atoms. The number of methoxy groups -OCH3 is 2. The Morgan fingerprint density at radius 3 is 2.67 bits per heavy atom. The van der Waals surface area contributed by atoms with Crippen molar-refractivity contribution in [1.29, 1.82) is 0 Å². The van der Waals surface area contributed by atoms with E-state index in [0.29, 0.717) is 34.0 Å². The molecule has 0 radical (unpaired) electrons. The van der Waals surface area contributed by atoms with Gasteiger partial charge >= 0.3 is 0 Å². The van der Waals surface area contributed by atoms with Crippen molar-refractivity contribution in [2.45, 2.75) is 12.5 Å². The molecule has 30 heavy (non-hydrogen) atoms. The first-order valence-electron chi connectivity index (χ1n) is 9.03. The Kier molecular flexibility index (Phi) is 5.28. The molecule has 3 aromatic rings. The fourth-order valence-corrected chi connectivity index (χ4v) is 3.30. The van der Waals surface area contributed by atoms with Gasteiger partial charge in [-0.05, 0) is 42.5 Å². The van der Waals surface area contributed by atoms with E-state index in [1.54, 1.807) is 37.4 Å². The number of ether oxygens (including phenoxy) is 2. The number of nitrogens with one attached hydrogen (secondary N) is 2. The maximum Gasteiger partial charge on any atom is 0.252 e. The van der Waals surface area contributed by atoms with E-state index in [-0.39, 0.29) is 18.2 Å². The third-order valence-corrected chi connectivity index (χ3v) is 4.86. The van der Waals surface area contributed by atoms with E-state index in [1.165, 1.54) is 11.8 Å². The molecule has 2 N–H and O–H groups in total. The molecular weight excluding hydrogens is 410 g/mol. The average molecular weight is 428 g/mol. The summed E-state index contributed by atoms with van der Waals surface area (Å²) in [6, 6.07) is 11.3. The minimum absolute atomic E-state index is 0.125. The van der Waals surface area contributed by atoms with E-state index in [0.717, 1.165) is 5.56 Å². The Morgan fingerprint density at radius 1 is 1.20 bits per heavy atom. The average Bonchev–Trinajstić information content (AvgIpc) is 3.27. The van der Waals surface area contributed by atoms with E-state index >= 15 is 0 Å². The maximum atomic E-state index is 12.6. The number of halogens is 1. The molecule has 0 saturated heterocycles. The SMILES string of the molecule is COc1ccc(-c2nc3n(n2)C(CC(=O)Nc2cc(Cl)ccc2OC)C(=O)N3)cc1. The molecular formula is C20H18ClN5O4. The van der Waals surface area contributed by atoms with Gasteiger partial charge in [-0.2, -0.15) is 4.98 Å². The molecule has 1 unspecified atom stereocenters. The molecule has 2 aromatic carbocycles. The highest BCUT2D eigenvalue weighted by atomic mass is 35.5. The van der Waals surface area contributed by atoms with Crippen LogP contribution in [-0.2, 0) is 9.59 Å². The molecule has 9 nitrogen and oxygen atoms in total. The first-order chi connectivity index (χ1) is 14.5. The summed E-state index contributed by atoms with van der Waals surface area (Å²) in [5.74, 6) is 1.18. The normalized spacial score (nSPS) is 14.8. The van der Waals surface area contributed by atoms with E-state index in [4.69, 9.17) is 21.1 Å². The number of nitrogens with zero attached hydrogens (tertiary/aromatic N) is 3. The number of aromatic nitrogens is 3. The summed E-state index contributed by atoms with van der Waals surface area (Å²) in [5, 5.41) is 10.3. The molecule has 1 atom stereocenters. The van der Waals surface area contributed by atoms with Gasteiger partial charge in [0.05, 0.1) is 26.3 Å². The summed E-state index contributed by atoms with van der Waals surface area (Å²) < 4.78 is 11.8. The monoisotopic (exact) mass is 427 g/mol. The maximum absolute atomic E-state index is 12.6. The topological polar surface area (TPSA) is 107 Å². The number of fused-ring (bicyclic) bond motifs is 1. The molecule has 0 fully saturated rings. The smallest absolute Gasteiger partial charge is 0.252 e. The van der Waals surface area contributed by atoms with Crippen molar-refractivity contribution in [2.24, 2.45) is 0 Å². The van der Waals surface area contributed by atoms with Crippen LogP contribution in [0.1, 0.15) is 12.5 Å². The van der Waals surface area contributed by atoms with Gasteiger partial charge in [0.25, 0.3) is 5.91 Å². The van der Waals surface area contributed by atoms with Gasteiger partial charge in [-0.3, -0.25) is 14.9 Å². The van der Waals surface area contributed by atoms with Crippen LogP contribution in [-0.4, -0.2) is 40.8 Å². The minimum Gasteiger partial charge on any atom is -0.497 e. The summed E-state index contributed by atoms with van der Waals surface area (Å²) in [6.07, 6.45) is -0.125. The van der Waals surface area contributed by atoms with Gasteiger partial charge in [0, 0.05) is 10.6 Å². The van der Waals surface area contributed by atoms with Crippen LogP contribution in [0.15, 0.2) is 42.5 Å².